The number of halogens is 1. The fourth-order valence-corrected chi connectivity index (χ4v) is 2.74. The molecule has 0 atom stereocenters. The van der Waals surface area contributed by atoms with E-state index in [-0.39, 0.29) is 0 Å². The second kappa shape index (κ2) is 4.50. The number of fused-ring (bicyclic) bond motifs is 1. The van der Waals surface area contributed by atoms with Crippen molar-refractivity contribution in [3.05, 3.63) is 64.7 Å². The number of hydrogen-bond donors (Lipinski definition) is 0. The Morgan fingerprint density at radius 3 is 2.76 bits per heavy atom. The van der Waals surface area contributed by atoms with Crippen LogP contribution in [0.1, 0.15) is 18.4 Å². The highest BCUT2D eigenvalue weighted by molar-refractivity contribution is 9.10. The maximum Gasteiger partial charge on any atom is 0.0253 e. The molecule has 0 aliphatic heterocycles. The molecule has 1 aliphatic rings. The third kappa shape index (κ3) is 2.07. The highest BCUT2D eigenvalue weighted by Crippen LogP contribution is 2.29. The third-order valence-corrected chi connectivity index (χ3v) is 3.85. The largest absolute Gasteiger partial charge is 0.0836 e. The maximum atomic E-state index is 3.62. The average Bonchev–Trinajstić information content (AvgIpc) is 2.40. The molecular formula is C16H13Br. The lowest BCUT2D eigenvalue weighted by Gasteiger charge is -2.09. The van der Waals surface area contributed by atoms with E-state index in [2.05, 4.69) is 70.6 Å². The molecule has 0 unspecified atom stereocenters. The molecule has 0 aromatic heterocycles. The van der Waals surface area contributed by atoms with Crippen molar-refractivity contribution in [2.45, 2.75) is 12.8 Å². The standard InChI is InChI=1S/C16H13Br/c17-16-8-4-7-13-9-10-14(11-15(13)16)12-5-2-1-3-6-12/h2,4-11H,1,3H2. The van der Waals surface area contributed by atoms with Crippen LogP contribution in [0.4, 0.5) is 0 Å². The Bertz CT molecular complexity index is 620. The van der Waals surface area contributed by atoms with Crippen LogP contribution in [0, 0.1) is 0 Å². The van der Waals surface area contributed by atoms with Crippen molar-refractivity contribution in [3.8, 4) is 0 Å². The first-order chi connectivity index (χ1) is 8.34. The molecule has 2 aromatic rings. The normalized spacial score (nSPS) is 15.0. The van der Waals surface area contributed by atoms with Crippen molar-refractivity contribution in [1.82, 2.24) is 0 Å². The quantitative estimate of drug-likeness (QED) is 0.663. The zero-order valence-electron chi connectivity index (χ0n) is 9.49. The number of benzene rings is 2. The molecule has 0 N–H and O–H groups in total. The van der Waals surface area contributed by atoms with Crippen LogP contribution in [0.5, 0.6) is 0 Å². The minimum atomic E-state index is 1.15. The summed E-state index contributed by atoms with van der Waals surface area (Å²) in [4.78, 5) is 0. The van der Waals surface area contributed by atoms with E-state index in [9.17, 15) is 0 Å². The summed E-state index contributed by atoms with van der Waals surface area (Å²) >= 11 is 3.62. The SMILES string of the molecule is Brc1cccc2ccc(C3=CCCC=C3)cc12. The third-order valence-electron chi connectivity index (χ3n) is 3.16. The van der Waals surface area contributed by atoms with Crippen LogP contribution in [0.2, 0.25) is 0 Å². The van der Waals surface area contributed by atoms with Crippen molar-refractivity contribution >= 4 is 32.3 Å². The predicted octanol–water partition coefficient (Wildman–Crippen LogP) is 5.34. The zero-order valence-corrected chi connectivity index (χ0v) is 11.1. The zero-order chi connectivity index (χ0) is 11.7. The fraction of sp³-hybridized carbons (Fsp3) is 0.125. The molecule has 84 valence electrons. The van der Waals surface area contributed by atoms with Gasteiger partial charge in [0.15, 0.2) is 0 Å². The molecule has 1 heteroatoms. The molecule has 0 radical (unpaired) electrons. The van der Waals surface area contributed by atoms with Crippen LogP contribution < -0.4 is 0 Å². The second-order valence-electron chi connectivity index (χ2n) is 4.31. The van der Waals surface area contributed by atoms with Gasteiger partial charge in [0.25, 0.3) is 0 Å². The van der Waals surface area contributed by atoms with Crippen molar-refractivity contribution < 1.29 is 0 Å². The van der Waals surface area contributed by atoms with E-state index < -0.39 is 0 Å². The van der Waals surface area contributed by atoms with Crippen LogP contribution in [0.15, 0.2) is 59.1 Å². The average molecular weight is 285 g/mol. The molecule has 0 heterocycles. The summed E-state index contributed by atoms with van der Waals surface area (Å²) in [5.41, 5.74) is 2.65. The van der Waals surface area contributed by atoms with Gasteiger partial charge < -0.3 is 0 Å². The van der Waals surface area contributed by atoms with E-state index in [1.807, 2.05) is 0 Å². The Morgan fingerprint density at radius 1 is 1.00 bits per heavy atom. The van der Waals surface area contributed by atoms with E-state index in [1.54, 1.807) is 0 Å². The number of rotatable bonds is 1. The first-order valence-corrected chi connectivity index (χ1v) is 6.69. The predicted molar refractivity (Wildman–Crippen MR) is 78.0 cm³/mol. The van der Waals surface area contributed by atoms with Crippen LogP contribution >= 0.6 is 15.9 Å². The van der Waals surface area contributed by atoms with E-state index in [4.69, 9.17) is 0 Å². The van der Waals surface area contributed by atoms with Gasteiger partial charge in [0.1, 0.15) is 0 Å². The number of hydrogen-bond acceptors (Lipinski definition) is 0. The van der Waals surface area contributed by atoms with Crippen LogP contribution in [0.3, 0.4) is 0 Å². The summed E-state index contributed by atoms with van der Waals surface area (Å²) in [6.45, 7) is 0. The first kappa shape index (κ1) is 10.8. The van der Waals surface area contributed by atoms with Gasteiger partial charge in [-0.25, -0.2) is 0 Å². The molecular weight excluding hydrogens is 272 g/mol. The molecule has 17 heavy (non-hydrogen) atoms. The minimum Gasteiger partial charge on any atom is -0.0836 e. The van der Waals surface area contributed by atoms with Gasteiger partial charge in [-0.1, -0.05) is 58.4 Å². The molecule has 0 saturated carbocycles. The van der Waals surface area contributed by atoms with Gasteiger partial charge in [-0.15, -0.1) is 0 Å². The lowest BCUT2D eigenvalue weighted by molar-refractivity contribution is 1.04. The highest BCUT2D eigenvalue weighted by Gasteiger charge is 2.04. The summed E-state index contributed by atoms with van der Waals surface area (Å²) in [6.07, 6.45) is 9.11. The van der Waals surface area contributed by atoms with E-state index >= 15 is 0 Å². The van der Waals surface area contributed by atoms with Crippen LogP contribution in [-0.2, 0) is 0 Å². The van der Waals surface area contributed by atoms with Gasteiger partial charge in [0, 0.05) is 4.47 Å². The van der Waals surface area contributed by atoms with Gasteiger partial charge in [-0.3, -0.25) is 0 Å². The van der Waals surface area contributed by atoms with Gasteiger partial charge >= 0.3 is 0 Å². The van der Waals surface area contributed by atoms with Crippen LogP contribution in [-0.4, -0.2) is 0 Å². The van der Waals surface area contributed by atoms with Gasteiger partial charge in [0.2, 0.25) is 0 Å². The monoisotopic (exact) mass is 284 g/mol. The summed E-state index contributed by atoms with van der Waals surface area (Å²) in [5, 5.41) is 2.56. The lowest BCUT2D eigenvalue weighted by Crippen LogP contribution is -1.86. The second-order valence-corrected chi connectivity index (χ2v) is 5.17. The summed E-state index contributed by atoms with van der Waals surface area (Å²) in [5.74, 6) is 0. The molecule has 0 spiro atoms. The maximum absolute atomic E-state index is 3.62. The first-order valence-electron chi connectivity index (χ1n) is 5.90. The van der Waals surface area contributed by atoms with E-state index in [0.717, 1.165) is 10.9 Å². The Kier molecular flexibility index (Phi) is 2.86. The molecule has 0 nitrogen and oxygen atoms in total. The van der Waals surface area contributed by atoms with Crippen molar-refractivity contribution in [2.75, 3.05) is 0 Å². The molecule has 3 rings (SSSR count). The van der Waals surface area contributed by atoms with E-state index in [0.29, 0.717) is 0 Å². The minimum absolute atomic E-state index is 1.15. The Morgan fingerprint density at radius 2 is 1.94 bits per heavy atom. The lowest BCUT2D eigenvalue weighted by atomic mass is 9.97. The van der Waals surface area contributed by atoms with Crippen LogP contribution in [0.25, 0.3) is 16.3 Å². The highest BCUT2D eigenvalue weighted by atomic mass is 79.9. The smallest absolute Gasteiger partial charge is 0.0253 e. The van der Waals surface area contributed by atoms with Gasteiger partial charge in [0.05, 0.1) is 0 Å². The molecule has 1 aliphatic carbocycles. The molecule has 2 aromatic carbocycles. The molecule has 0 fully saturated rings. The summed E-state index contributed by atoms with van der Waals surface area (Å²) in [6, 6.07) is 13.0. The topological polar surface area (TPSA) is 0 Å². The number of allylic oxidation sites excluding steroid dienone is 4. The molecule has 0 saturated heterocycles. The van der Waals surface area contributed by atoms with Gasteiger partial charge in [-0.05, 0) is 46.9 Å². The fourth-order valence-electron chi connectivity index (χ4n) is 2.24. The Balaban J connectivity index is 2.16. The molecule has 0 bridgehead atoms. The van der Waals surface area contributed by atoms with Crippen molar-refractivity contribution in [3.63, 3.8) is 0 Å². The van der Waals surface area contributed by atoms with Crippen molar-refractivity contribution in [2.24, 2.45) is 0 Å². The summed E-state index contributed by atoms with van der Waals surface area (Å²) < 4.78 is 1.16. The molecule has 0 amide bonds. The van der Waals surface area contributed by atoms with E-state index in [1.165, 1.54) is 28.3 Å². The van der Waals surface area contributed by atoms with Gasteiger partial charge in [-0.2, -0.15) is 0 Å². The Labute approximate surface area is 110 Å². The summed E-state index contributed by atoms with van der Waals surface area (Å²) in [7, 11) is 0. The van der Waals surface area contributed by atoms with Crippen molar-refractivity contribution in [1.29, 1.82) is 0 Å². The Hall–Kier alpha value is -1.34.